The first kappa shape index (κ1) is 16.6. The van der Waals surface area contributed by atoms with E-state index in [0.29, 0.717) is 31.6 Å². The summed E-state index contributed by atoms with van der Waals surface area (Å²) in [6.07, 6.45) is 3.08. The fourth-order valence-electron chi connectivity index (χ4n) is 2.20. The van der Waals surface area contributed by atoms with Gasteiger partial charge in [0.15, 0.2) is 0 Å². The molecule has 0 unspecified atom stereocenters. The van der Waals surface area contributed by atoms with Crippen LogP contribution in [0.2, 0.25) is 0 Å². The van der Waals surface area contributed by atoms with Crippen LogP contribution in [0.3, 0.4) is 0 Å². The van der Waals surface area contributed by atoms with Crippen LogP contribution >= 0.6 is 0 Å². The van der Waals surface area contributed by atoms with E-state index >= 15 is 0 Å². The highest BCUT2D eigenvalue weighted by molar-refractivity contribution is 5.88. The third-order valence-corrected chi connectivity index (χ3v) is 3.43. The Hall–Kier alpha value is -2.76. The minimum Gasteiger partial charge on any atom is -0.496 e. The fourth-order valence-corrected chi connectivity index (χ4v) is 2.20. The van der Waals surface area contributed by atoms with Crippen molar-refractivity contribution in [2.75, 3.05) is 13.7 Å². The normalized spacial score (nSPS) is 10.3. The zero-order valence-corrected chi connectivity index (χ0v) is 12.9. The Morgan fingerprint density at radius 3 is 2.74 bits per heavy atom. The number of methoxy groups -OCH3 is 1. The number of carbonyl (C=O) groups is 2. The van der Waals surface area contributed by atoms with Gasteiger partial charge in [-0.1, -0.05) is 6.07 Å². The minimum absolute atomic E-state index is 0.0532. The predicted octanol–water partition coefficient (Wildman–Crippen LogP) is 2.28. The Morgan fingerprint density at radius 2 is 2.09 bits per heavy atom. The summed E-state index contributed by atoms with van der Waals surface area (Å²) in [7, 11) is 1.49. The molecule has 6 nitrogen and oxygen atoms in total. The summed E-state index contributed by atoms with van der Waals surface area (Å²) in [5, 5.41) is 11.8. The van der Waals surface area contributed by atoms with Crippen LogP contribution in [0.4, 0.5) is 0 Å². The van der Waals surface area contributed by atoms with Crippen LogP contribution in [0.5, 0.6) is 5.75 Å². The predicted molar refractivity (Wildman–Crippen MR) is 83.7 cm³/mol. The zero-order chi connectivity index (χ0) is 16.7. The van der Waals surface area contributed by atoms with Gasteiger partial charge in [-0.2, -0.15) is 0 Å². The second-order valence-electron chi connectivity index (χ2n) is 5.01. The van der Waals surface area contributed by atoms with E-state index in [1.165, 1.54) is 19.2 Å². The second kappa shape index (κ2) is 8.03. The zero-order valence-electron chi connectivity index (χ0n) is 12.9. The lowest BCUT2D eigenvalue weighted by atomic mass is 10.1. The van der Waals surface area contributed by atoms with Crippen LogP contribution in [0.25, 0.3) is 0 Å². The Kier molecular flexibility index (Phi) is 5.80. The molecule has 2 rings (SSSR count). The van der Waals surface area contributed by atoms with Gasteiger partial charge < -0.3 is 19.6 Å². The maximum atomic E-state index is 11.8. The van der Waals surface area contributed by atoms with E-state index in [-0.39, 0.29) is 11.5 Å². The molecule has 2 aromatic rings. The van der Waals surface area contributed by atoms with Gasteiger partial charge in [-0.05, 0) is 36.2 Å². The quantitative estimate of drug-likeness (QED) is 0.779. The van der Waals surface area contributed by atoms with Crippen molar-refractivity contribution in [1.29, 1.82) is 0 Å². The third kappa shape index (κ3) is 4.88. The van der Waals surface area contributed by atoms with Crippen LogP contribution in [-0.4, -0.2) is 30.6 Å². The molecule has 0 atom stereocenters. The van der Waals surface area contributed by atoms with Crippen molar-refractivity contribution in [3.8, 4) is 5.75 Å². The Morgan fingerprint density at radius 1 is 1.26 bits per heavy atom. The molecule has 0 aliphatic carbocycles. The van der Waals surface area contributed by atoms with Gasteiger partial charge in [-0.3, -0.25) is 4.79 Å². The first-order valence-electron chi connectivity index (χ1n) is 7.29. The highest BCUT2D eigenvalue weighted by Crippen LogP contribution is 2.20. The van der Waals surface area contributed by atoms with Crippen LogP contribution in [-0.2, 0) is 17.6 Å². The topological polar surface area (TPSA) is 88.8 Å². The molecule has 1 aromatic carbocycles. The molecule has 1 amide bonds. The number of carbonyl (C=O) groups excluding carboxylic acids is 1. The number of aryl methyl sites for hydroxylation is 1. The van der Waals surface area contributed by atoms with Gasteiger partial charge >= 0.3 is 5.97 Å². The molecular formula is C17H19NO5. The number of aromatic carboxylic acids is 1. The Balaban J connectivity index is 1.81. The summed E-state index contributed by atoms with van der Waals surface area (Å²) in [5.74, 6) is 0.240. The molecule has 0 saturated carbocycles. The Labute approximate surface area is 134 Å². The van der Waals surface area contributed by atoms with Gasteiger partial charge in [0.25, 0.3) is 0 Å². The molecule has 0 bridgehead atoms. The number of benzene rings is 1. The molecule has 0 saturated heterocycles. The van der Waals surface area contributed by atoms with E-state index in [2.05, 4.69) is 5.32 Å². The van der Waals surface area contributed by atoms with E-state index in [4.69, 9.17) is 14.3 Å². The van der Waals surface area contributed by atoms with Crippen molar-refractivity contribution in [2.24, 2.45) is 0 Å². The molecule has 1 aromatic heterocycles. The van der Waals surface area contributed by atoms with E-state index < -0.39 is 5.97 Å². The summed E-state index contributed by atoms with van der Waals surface area (Å²) in [4.78, 5) is 22.7. The maximum absolute atomic E-state index is 11.8. The second-order valence-corrected chi connectivity index (χ2v) is 5.01. The van der Waals surface area contributed by atoms with E-state index in [1.54, 1.807) is 18.4 Å². The molecule has 0 radical (unpaired) electrons. The van der Waals surface area contributed by atoms with E-state index in [9.17, 15) is 9.59 Å². The number of hydrogen-bond acceptors (Lipinski definition) is 4. The third-order valence-electron chi connectivity index (χ3n) is 3.43. The minimum atomic E-state index is -0.999. The molecule has 2 N–H and O–H groups in total. The number of rotatable bonds is 8. The molecule has 1 heterocycles. The Bertz CT molecular complexity index is 664. The maximum Gasteiger partial charge on any atom is 0.335 e. The number of carboxylic acids is 1. The van der Waals surface area contributed by atoms with Crippen molar-refractivity contribution in [3.05, 3.63) is 53.5 Å². The lowest BCUT2D eigenvalue weighted by Crippen LogP contribution is -2.26. The van der Waals surface area contributed by atoms with Crippen LogP contribution in [0.15, 0.2) is 41.0 Å². The SMILES string of the molecule is COc1cc(C(=O)O)ccc1CCNC(=O)CCc1ccco1. The molecule has 0 aliphatic rings. The van der Waals surface area contributed by atoms with Gasteiger partial charge in [0.2, 0.25) is 5.91 Å². The molecular weight excluding hydrogens is 298 g/mol. The average Bonchev–Trinajstić information content (AvgIpc) is 3.06. The molecule has 0 fully saturated rings. The van der Waals surface area contributed by atoms with Gasteiger partial charge in [-0.25, -0.2) is 4.79 Å². The number of furan rings is 1. The molecule has 0 spiro atoms. The summed E-state index contributed by atoms with van der Waals surface area (Å²) in [6, 6.07) is 8.34. The highest BCUT2D eigenvalue weighted by atomic mass is 16.5. The molecule has 6 heteroatoms. The lowest BCUT2D eigenvalue weighted by Gasteiger charge is -2.10. The first-order valence-corrected chi connectivity index (χ1v) is 7.29. The van der Waals surface area contributed by atoms with Gasteiger partial charge in [-0.15, -0.1) is 0 Å². The van der Waals surface area contributed by atoms with Crippen molar-refractivity contribution in [1.82, 2.24) is 5.32 Å². The van der Waals surface area contributed by atoms with Crippen LogP contribution < -0.4 is 10.1 Å². The average molecular weight is 317 g/mol. The summed E-state index contributed by atoms with van der Waals surface area (Å²) >= 11 is 0. The lowest BCUT2D eigenvalue weighted by molar-refractivity contribution is -0.121. The van der Waals surface area contributed by atoms with Crippen LogP contribution in [0, 0.1) is 0 Å². The van der Waals surface area contributed by atoms with Gasteiger partial charge in [0.1, 0.15) is 11.5 Å². The van der Waals surface area contributed by atoms with Crippen molar-refractivity contribution >= 4 is 11.9 Å². The first-order chi connectivity index (χ1) is 11.1. The van der Waals surface area contributed by atoms with Crippen molar-refractivity contribution in [2.45, 2.75) is 19.3 Å². The molecule has 0 aliphatic heterocycles. The fraction of sp³-hybridized carbons (Fsp3) is 0.294. The van der Waals surface area contributed by atoms with Gasteiger partial charge in [0.05, 0.1) is 18.9 Å². The molecule has 23 heavy (non-hydrogen) atoms. The number of carboxylic acid groups (broad SMARTS) is 1. The van der Waals surface area contributed by atoms with E-state index in [1.807, 2.05) is 6.07 Å². The number of amides is 1. The van der Waals surface area contributed by atoms with E-state index in [0.717, 1.165) is 11.3 Å². The van der Waals surface area contributed by atoms with Gasteiger partial charge in [0, 0.05) is 19.4 Å². The van der Waals surface area contributed by atoms with Crippen molar-refractivity contribution < 1.29 is 23.8 Å². The number of nitrogens with one attached hydrogen (secondary N) is 1. The highest BCUT2D eigenvalue weighted by Gasteiger charge is 2.09. The monoisotopic (exact) mass is 317 g/mol. The number of hydrogen-bond donors (Lipinski definition) is 2. The van der Waals surface area contributed by atoms with Crippen LogP contribution in [0.1, 0.15) is 28.1 Å². The summed E-state index contributed by atoms with van der Waals surface area (Å²) in [6.45, 7) is 0.458. The summed E-state index contributed by atoms with van der Waals surface area (Å²) in [5.41, 5.74) is 1.02. The molecule has 122 valence electrons. The largest absolute Gasteiger partial charge is 0.496 e. The number of ether oxygens (including phenoxy) is 1. The van der Waals surface area contributed by atoms with Crippen molar-refractivity contribution in [3.63, 3.8) is 0 Å². The standard InChI is InChI=1S/C17H19NO5/c1-22-15-11-13(17(20)21)5-4-12(15)8-9-18-16(19)7-6-14-3-2-10-23-14/h2-5,10-11H,6-9H2,1H3,(H,18,19)(H,20,21). The smallest absolute Gasteiger partial charge is 0.335 e. The summed E-state index contributed by atoms with van der Waals surface area (Å²) < 4.78 is 10.4.